The van der Waals surface area contributed by atoms with Crippen LogP contribution in [0.4, 0.5) is 0 Å². The van der Waals surface area contributed by atoms with Crippen molar-refractivity contribution < 1.29 is 4.74 Å². The van der Waals surface area contributed by atoms with Crippen molar-refractivity contribution in [2.45, 2.75) is 13.3 Å². The maximum Gasteiger partial charge on any atom is 0.140 e. The largest absolute Gasteiger partial charge is 0.497 e. The molecule has 1 heterocycles. The highest BCUT2D eigenvalue weighted by molar-refractivity contribution is 5.58. The van der Waals surface area contributed by atoms with Crippen LogP contribution in [0.5, 0.6) is 5.75 Å². The van der Waals surface area contributed by atoms with Gasteiger partial charge in [-0.05, 0) is 37.7 Å². The SMILES string of the molecule is COc1ccc(-c2nc(C)c(CCN)n2C)cc1. The first-order valence-electron chi connectivity index (χ1n) is 6.04. The Morgan fingerprint density at radius 3 is 2.50 bits per heavy atom. The number of hydrogen-bond donors (Lipinski definition) is 1. The molecule has 1 aromatic carbocycles. The molecule has 0 atom stereocenters. The highest BCUT2D eigenvalue weighted by Gasteiger charge is 2.12. The van der Waals surface area contributed by atoms with E-state index in [1.54, 1.807) is 7.11 Å². The molecule has 2 aromatic rings. The van der Waals surface area contributed by atoms with Crippen LogP contribution in [-0.4, -0.2) is 23.2 Å². The van der Waals surface area contributed by atoms with Crippen LogP contribution in [0, 0.1) is 6.92 Å². The lowest BCUT2D eigenvalue weighted by molar-refractivity contribution is 0.415. The highest BCUT2D eigenvalue weighted by Crippen LogP contribution is 2.23. The van der Waals surface area contributed by atoms with Crippen LogP contribution in [0.3, 0.4) is 0 Å². The van der Waals surface area contributed by atoms with Gasteiger partial charge in [0, 0.05) is 24.7 Å². The molecule has 18 heavy (non-hydrogen) atoms. The Bertz CT molecular complexity index is 529. The smallest absolute Gasteiger partial charge is 0.140 e. The molecule has 2 N–H and O–H groups in total. The lowest BCUT2D eigenvalue weighted by Crippen LogP contribution is -2.08. The quantitative estimate of drug-likeness (QED) is 0.895. The van der Waals surface area contributed by atoms with E-state index in [9.17, 15) is 0 Å². The molecule has 1 aromatic heterocycles. The number of aromatic nitrogens is 2. The van der Waals surface area contributed by atoms with E-state index in [1.165, 1.54) is 5.69 Å². The second kappa shape index (κ2) is 5.23. The Hall–Kier alpha value is -1.81. The Morgan fingerprint density at radius 2 is 1.94 bits per heavy atom. The molecule has 4 heteroatoms. The van der Waals surface area contributed by atoms with Crippen molar-refractivity contribution in [2.24, 2.45) is 12.8 Å². The number of ether oxygens (including phenoxy) is 1. The topological polar surface area (TPSA) is 53.1 Å². The zero-order valence-electron chi connectivity index (χ0n) is 11.1. The third-order valence-electron chi connectivity index (χ3n) is 3.14. The average molecular weight is 245 g/mol. The lowest BCUT2D eigenvalue weighted by Gasteiger charge is -2.06. The third-order valence-corrected chi connectivity index (χ3v) is 3.14. The Balaban J connectivity index is 2.40. The van der Waals surface area contributed by atoms with Gasteiger partial charge in [0.2, 0.25) is 0 Å². The maximum absolute atomic E-state index is 5.63. The molecule has 0 bridgehead atoms. The minimum absolute atomic E-state index is 0.641. The molecule has 0 radical (unpaired) electrons. The molecule has 96 valence electrons. The number of aryl methyl sites for hydroxylation is 1. The van der Waals surface area contributed by atoms with E-state index < -0.39 is 0 Å². The number of rotatable bonds is 4. The Kier molecular flexibility index (Phi) is 3.67. The third kappa shape index (κ3) is 2.24. The van der Waals surface area contributed by atoms with Gasteiger partial charge in [0.1, 0.15) is 11.6 Å². The first-order valence-corrected chi connectivity index (χ1v) is 6.04. The number of benzene rings is 1. The molecular weight excluding hydrogens is 226 g/mol. The lowest BCUT2D eigenvalue weighted by atomic mass is 10.2. The summed E-state index contributed by atoms with van der Waals surface area (Å²) in [6, 6.07) is 7.93. The van der Waals surface area contributed by atoms with Gasteiger partial charge < -0.3 is 15.0 Å². The van der Waals surface area contributed by atoms with Gasteiger partial charge in [-0.3, -0.25) is 0 Å². The van der Waals surface area contributed by atoms with E-state index in [0.29, 0.717) is 6.54 Å². The van der Waals surface area contributed by atoms with Gasteiger partial charge in [-0.1, -0.05) is 0 Å². The fourth-order valence-electron chi connectivity index (χ4n) is 2.15. The van der Waals surface area contributed by atoms with Crippen LogP contribution in [0.1, 0.15) is 11.4 Å². The monoisotopic (exact) mass is 245 g/mol. The van der Waals surface area contributed by atoms with E-state index in [2.05, 4.69) is 9.55 Å². The zero-order chi connectivity index (χ0) is 13.1. The second-order valence-electron chi connectivity index (χ2n) is 4.29. The van der Waals surface area contributed by atoms with Gasteiger partial charge in [0.05, 0.1) is 12.8 Å². The summed E-state index contributed by atoms with van der Waals surface area (Å²) in [6.07, 6.45) is 0.853. The van der Waals surface area contributed by atoms with Crippen LogP contribution in [-0.2, 0) is 13.5 Å². The predicted octanol–water partition coefficient (Wildman–Crippen LogP) is 1.91. The maximum atomic E-state index is 5.63. The minimum Gasteiger partial charge on any atom is -0.497 e. The van der Waals surface area contributed by atoms with Crippen molar-refractivity contribution in [1.82, 2.24) is 9.55 Å². The van der Waals surface area contributed by atoms with Crippen molar-refractivity contribution in [3.63, 3.8) is 0 Å². The standard InChI is InChI=1S/C14H19N3O/c1-10-13(8-9-15)17(2)14(16-10)11-4-6-12(18-3)7-5-11/h4-7H,8-9,15H2,1-3H3. The molecule has 0 amide bonds. The van der Waals surface area contributed by atoms with Crippen molar-refractivity contribution in [2.75, 3.05) is 13.7 Å². The van der Waals surface area contributed by atoms with E-state index in [-0.39, 0.29) is 0 Å². The first-order chi connectivity index (χ1) is 8.67. The summed E-state index contributed by atoms with van der Waals surface area (Å²) in [7, 11) is 3.70. The fraction of sp³-hybridized carbons (Fsp3) is 0.357. The molecule has 4 nitrogen and oxygen atoms in total. The molecule has 0 spiro atoms. The predicted molar refractivity (Wildman–Crippen MR) is 72.7 cm³/mol. The molecule has 0 unspecified atom stereocenters. The summed E-state index contributed by atoms with van der Waals surface area (Å²) < 4.78 is 7.27. The van der Waals surface area contributed by atoms with E-state index in [4.69, 9.17) is 10.5 Å². The van der Waals surface area contributed by atoms with Crippen molar-refractivity contribution >= 4 is 0 Å². The van der Waals surface area contributed by atoms with Gasteiger partial charge in [-0.25, -0.2) is 4.98 Å². The molecule has 0 saturated carbocycles. The number of hydrogen-bond acceptors (Lipinski definition) is 3. The first kappa shape index (κ1) is 12.6. The van der Waals surface area contributed by atoms with Crippen LogP contribution in [0.25, 0.3) is 11.4 Å². The van der Waals surface area contributed by atoms with E-state index in [0.717, 1.165) is 29.3 Å². The van der Waals surface area contributed by atoms with Crippen molar-refractivity contribution in [3.05, 3.63) is 35.7 Å². The molecule has 2 rings (SSSR count). The molecule has 0 saturated heterocycles. The van der Waals surface area contributed by atoms with Crippen LogP contribution in [0.2, 0.25) is 0 Å². The fourth-order valence-corrected chi connectivity index (χ4v) is 2.15. The Morgan fingerprint density at radius 1 is 1.28 bits per heavy atom. The molecule has 0 fully saturated rings. The molecule has 0 aliphatic rings. The van der Waals surface area contributed by atoms with Crippen molar-refractivity contribution in [3.8, 4) is 17.1 Å². The normalized spacial score (nSPS) is 10.7. The van der Waals surface area contributed by atoms with Gasteiger partial charge >= 0.3 is 0 Å². The number of imidazole rings is 1. The molecule has 0 aliphatic carbocycles. The highest BCUT2D eigenvalue weighted by atomic mass is 16.5. The number of nitrogens with zero attached hydrogens (tertiary/aromatic N) is 2. The summed E-state index contributed by atoms with van der Waals surface area (Å²) >= 11 is 0. The second-order valence-corrected chi connectivity index (χ2v) is 4.29. The van der Waals surface area contributed by atoms with Gasteiger partial charge in [-0.2, -0.15) is 0 Å². The van der Waals surface area contributed by atoms with Crippen molar-refractivity contribution in [1.29, 1.82) is 0 Å². The number of methoxy groups -OCH3 is 1. The van der Waals surface area contributed by atoms with Gasteiger partial charge in [0.25, 0.3) is 0 Å². The molecular formula is C14H19N3O. The number of nitrogens with two attached hydrogens (primary N) is 1. The van der Waals surface area contributed by atoms with Crippen LogP contribution >= 0.6 is 0 Å². The van der Waals surface area contributed by atoms with Gasteiger partial charge in [-0.15, -0.1) is 0 Å². The van der Waals surface area contributed by atoms with Crippen LogP contribution in [0.15, 0.2) is 24.3 Å². The summed E-state index contributed by atoms with van der Waals surface area (Å²) in [5.41, 5.74) is 8.96. The average Bonchev–Trinajstić information content (AvgIpc) is 2.67. The molecule has 0 aliphatic heterocycles. The summed E-state index contributed by atoms with van der Waals surface area (Å²) in [4.78, 5) is 4.62. The summed E-state index contributed by atoms with van der Waals surface area (Å²) in [6.45, 7) is 2.67. The minimum atomic E-state index is 0.641. The zero-order valence-corrected chi connectivity index (χ0v) is 11.1. The van der Waals surface area contributed by atoms with E-state index in [1.807, 2.05) is 38.2 Å². The van der Waals surface area contributed by atoms with Crippen LogP contribution < -0.4 is 10.5 Å². The summed E-state index contributed by atoms with van der Waals surface area (Å²) in [5.74, 6) is 1.82. The van der Waals surface area contributed by atoms with Gasteiger partial charge in [0.15, 0.2) is 0 Å². The van der Waals surface area contributed by atoms with E-state index >= 15 is 0 Å². The Labute approximate surface area is 107 Å². The summed E-state index contributed by atoms with van der Waals surface area (Å²) in [5, 5.41) is 0.